The zero-order valence-electron chi connectivity index (χ0n) is 8.00. The summed E-state index contributed by atoms with van der Waals surface area (Å²) >= 11 is 1.72. The molecule has 0 aliphatic carbocycles. The molecule has 0 N–H and O–H groups in total. The standard InChI is InChI=1S/C11H13NS/c1-3-8-5-10-11(13-7-12-10)6-9(8)4-2/h5-7H,3-4H2,1-2H3. The highest BCUT2D eigenvalue weighted by Gasteiger charge is 2.03. The van der Waals surface area contributed by atoms with Crippen molar-refractivity contribution in [3.8, 4) is 0 Å². The molecule has 0 saturated carbocycles. The first-order chi connectivity index (χ1) is 6.35. The van der Waals surface area contributed by atoms with E-state index < -0.39 is 0 Å². The molecule has 1 aromatic heterocycles. The Kier molecular flexibility index (Phi) is 2.32. The average Bonchev–Trinajstić information content (AvgIpc) is 2.62. The van der Waals surface area contributed by atoms with Crippen molar-refractivity contribution >= 4 is 21.6 Å². The summed E-state index contributed by atoms with van der Waals surface area (Å²) in [5.41, 5.74) is 5.99. The molecule has 0 saturated heterocycles. The lowest BCUT2D eigenvalue weighted by atomic mass is 10.0. The molecule has 1 heterocycles. The molecule has 68 valence electrons. The monoisotopic (exact) mass is 191 g/mol. The van der Waals surface area contributed by atoms with Crippen LogP contribution in [0.15, 0.2) is 17.6 Å². The molecule has 0 spiro atoms. The molecule has 2 rings (SSSR count). The quantitative estimate of drug-likeness (QED) is 0.708. The SMILES string of the molecule is CCc1cc2ncsc2cc1CC. The minimum Gasteiger partial charge on any atom is -0.245 e. The predicted octanol–water partition coefficient (Wildman–Crippen LogP) is 3.42. The number of aromatic nitrogens is 1. The molecule has 0 atom stereocenters. The van der Waals surface area contributed by atoms with Crippen LogP contribution in [-0.4, -0.2) is 4.98 Å². The van der Waals surface area contributed by atoms with Crippen molar-refractivity contribution in [1.82, 2.24) is 4.98 Å². The largest absolute Gasteiger partial charge is 0.245 e. The Balaban J connectivity index is 2.67. The first kappa shape index (κ1) is 8.70. The van der Waals surface area contributed by atoms with E-state index >= 15 is 0 Å². The summed E-state index contributed by atoms with van der Waals surface area (Å²) in [7, 11) is 0. The minimum atomic E-state index is 1.11. The van der Waals surface area contributed by atoms with Gasteiger partial charge in [0.05, 0.1) is 15.7 Å². The molecular formula is C11H13NS. The summed E-state index contributed by atoms with van der Waals surface area (Å²) < 4.78 is 1.31. The normalized spacial score (nSPS) is 10.9. The third kappa shape index (κ3) is 1.46. The van der Waals surface area contributed by atoms with Gasteiger partial charge in [0, 0.05) is 0 Å². The molecule has 1 nitrogen and oxygen atoms in total. The molecule has 2 heteroatoms. The van der Waals surface area contributed by atoms with Gasteiger partial charge in [0.2, 0.25) is 0 Å². The first-order valence-corrected chi connectivity index (χ1v) is 5.58. The number of aryl methyl sites for hydroxylation is 2. The molecule has 0 aliphatic heterocycles. The van der Waals surface area contributed by atoms with Crippen molar-refractivity contribution in [3.63, 3.8) is 0 Å². The topological polar surface area (TPSA) is 12.9 Å². The van der Waals surface area contributed by atoms with E-state index in [-0.39, 0.29) is 0 Å². The van der Waals surface area contributed by atoms with Crippen LogP contribution < -0.4 is 0 Å². The van der Waals surface area contributed by atoms with Gasteiger partial charge < -0.3 is 0 Å². The molecule has 2 aromatic rings. The van der Waals surface area contributed by atoms with Crippen molar-refractivity contribution in [2.75, 3.05) is 0 Å². The zero-order valence-corrected chi connectivity index (χ0v) is 8.82. The van der Waals surface area contributed by atoms with Gasteiger partial charge in [0.15, 0.2) is 0 Å². The molecule has 0 amide bonds. The Labute approximate surface area is 82.4 Å². The van der Waals surface area contributed by atoms with Crippen LogP contribution in [0, 0.1) is 0 Å². The minimum absolute atomic E-state index is 1.11. The summed E-state index contributed by atoms with van der Waals surface area (Å²) in [6.45, 7) is 4.41. The Hall–Kier alpha value is -0.890. The molecule has 0 fully saturated rings. The Morgan fingerprint density at radius 2 is 1.85 bits per heavy atom. The maximum absolute atomic E-state index is 4.32. The van der Waals surface area contributed by atoms with E-state index in [2.05, 4.69) is 31.0 Å². The predicted molar refractivity (Wildman–Crippen MR) is 58.4 cm³/mol. The van der Waals surface area contributed by atoms with Crippen LogP contribution in [0.4, 0.5) is 0 Å². The lowest BCUT2D eigenvalue weighted by Gasteiger charge is -2.04. The van der Waals surface area contributed by atoms with Crippen molar-refractivity contribution in [2.24, 2.45) is 0 Å². The smallest absolute Gasteiger partial charge is 0.0814 e. The molecule has 0 radical (unpaired) electrons. The molecule has 13 heavy (non-hydrogen) atoms. The maximum Gasteiger partial charge on any atom is 0.0814 e. The highest BCUT2D eigenvalue weighted by Crippen LogP contribution is 2.23. The second kappa shape index (κ2) is 3.46. The van der Waals surface area contributed by atoms with Gasteiger partial charge in [-0.25, -0.2) is 4.98 Å². The second-order valence-corrected chi connectivity index (χ2v) is 4.03. The number of nitrogens with zero attached hydrogens (tertiary/aromatic N) is 1. The van der Waals surface area contributed by atoms with Gasteiger partial charge in [-0.1, -0.05) is 13.8 Å². The number of fused-ring (bicyclic) bond motifs is 1. The van der Waals surface area contributed by atoms with Crippen LogP contribution in [-0.2, 0) is 12.8 Å². The Morgan fingerprint density at radius 1 is 1.15 bits per heavy atom. The summed E-state index contributed by atoms with van der Waals surface area (Å²) in [6.07, 6.45) is 2.23. The highest BCUT2D eigenvalue weighted by atomic mass is 32.1. The molecule has 1 aromatic carbocycles. The van der Waals surface area contributed by atoms with Crippen LogP contribution in [0.3, 0.4) is 0 Å². The van der Waals surface area contributed by atoms with E-state index in [1.807, 2.05) is 5.51 Å². The number of thiazole rings is 1. The van der Waals surface area contributed by atoms with E-state index in [0.717, 1.165) is 18.4 Å². The zero-order chi connectivity index (χ0) is 9.26. The van der Waals surface area contributed by atoms with Gasteiger partial charge in [-0.05, 0) is 36.1 Å². The Bertz CT molecular complexity index is 379. The van der Waals surface area contributed by atoms with Gasteiger partial charge in [0.25, 0.3) is 0 Å². The summed E-state index contributed by atoms with van der Waals surface area (Å²) in [6, 6.07) is 4.51. The third-order valence-corrected chi connectivity index (χ3v) is 3.21. The van der Waals surface area contributed by atoms with Gasteiger partial charge >= 0.3 is 0 Å². The van der Waals surface area contributed by atoms with Crippen molar-refractivity contribution < 1.29 is 0 Å². The van der Waals surface area contributed by atoms with Gasteiger partial charge in [-0.15, -0.1) is 11.3 Å². The fourth-order valence-electron chi connectivity index (χ4n) is 1.65. The van der Waals surface area contributed by atoms with E-state index in [1.165, 1.54) is 15.8 Å². The van der Waals surface area contributed by atoms with Crippen LogP contribution in [0.5, 0.6) is 0 Å². The lowest BCUT2D eigenvalue weighted by molar-refractivity contribution is 1.04. The number of hydrogen-bond acceptors (Lipinski definition) is 2. The van der Waals surface area contributed by atoms with Crippen molar-refractivity contribution in [3.05, 3.63) is 28.8 Å². The van der Waals surface area contributed by atoms with E-state index in [0.29, 0.717) is 0 Å². The first-order valence-electron chi connectivity index (χ1n) is 4.70. The van der Waals surface area contributed by atoms with Crippen molar-refractivity contribution in [2.45, 2.75) is 26.7 Å². The van der Waals surface area contributed by atoms with Crippen LogP contribution >= 0.6 is 11.3 Å². The molecule has 0 bridgehead atoms. The van der Waals surface area contributed by atoms with E-state index in [9.17, 15) is 0 Å². The van der Waals surface area contributed by atoms with Gasteiger partial charge in [0.1, 0.15) is 0 Å². The molecule has 0 unspecified atom stereocenters. The van der Waals surface area contributed by atoms with Crippen molar-refractivity contribution in [1.29, 1.82) is 0 Å². The average molecular weight is 191 g/mol. The van der Waals surface area contributed by atoms with Crippen LogP contribution in [0.1, 0.15) is 25.0 Å². The second-order valence-electron chi connectivity index (χ2n) is 3.15. The number of hydrogen-bond donors (Lipinski definition) is 0. The highest BCUT2D eigenvalue weighted by molar-refractivity contribution is 7.16. The fourth-order valence-corrected chi connectivity index (χ4v) is 2.37. The summed E-state index contributed by atoms with van der Waals surface area (Å²) in [5.74, 6) is 0. The van der Waals surface area contributed by atoms with Gasteiger partial charge in [-0.2, -0.15) is 0 Å². The number of rotatable bonds is 2. The molecule has 0 aliphatic rings. The fraction of sp³-hybridized carbons (Fsp3) is 0.364. The summed E-state index contributed by atoms with van der Waals surface area (Å²) in [5, 5.41) is 0. The van der Waals surface area contributed by atoms with Gasteiger partial charge in [-0.3, -0.25) is 0 Å². The lowest BCUT2D eigenvalue weighted by Crippen LogP contribution is -1.89. The molecular weight excluding hydrogens is 178 g/mol. The van der Waals surface area contributed by atoms with E-state index in [4.69, 9.17) is 0 Å². The van der Waals surface area contributed by atoms with E-state index in [1.54, 1.807) is 11.3 Å². The Morgan fingerprint density at radius 3 is 2.54 bits per heavy atom. The number of benzene rings is 1. The van der Waals surface area contributed by atoms with Crippen LogP contribution in [0.25, 0.3) is 10.2 Å². The van der Waals surface area contributed by atoms with Crippen LogP contribution in [0.2, 0.25) is 0 Å². The third-order valence-electron chi connectivity index (χ3n) is 2.41. The maximum atomic E-state index is 4.32. The summed E-state index contributed by atoms with van der Waals surface area (Å²) in [4.78, 5) is 4.32.